The van der Waals surface area contributed by atoms with E-state index >= 15 is 0 Å². The zero-order valence-corrected chi connectivity index (χ0v) is 10.6. The summed E-state index contributed by atoms with van der Waals surface area (Å²) in [6.45, 7) is 3.83. The van der Waals surface area contributed by atoms with Crippen LogP contribution in [-0.4, -0.2) is 12.3 Å². The predicted octanol–water partition coefficient (Wildman–Crippen LogP) is 3.20. The molecule has 0 amide bonds. The van der Waals surface area contributed by atoms with Gasteiger partial charge in [-0.1, -0.05) is 16.8 Å². The summed E-state index contributed by atoms with van der Waals surface area (Å²) in [4.78, 5) is 0. The van der Waals surface area contributed by atoms with Crippen LogP contribution in [0.1, 0.15) is 11.1 Å². The lowest BCUT2D eigenvalue weighted by Crippen LogP contribution is -1.95. The summed E-state index contributed by atoms with van der Waals surface area (Å²) in [6.07, 6.45) is 0. The molecule has 2 aromatic rings. The number of nitrogen functional groups attached to an aromatic ring is 1. The highest BCUT2D eigenvalue weighted by molar-refractivity contribution is 6.31. The first kappa shape index (κ1) is 11.8. The summed E-state index contributed by atoms with van der Waals surface area (Å²) < 4.78 is 10.3. The Bertz CT molecular complexity index is 564. The lowest BCUT2D eigenvalue weighted by atomic mass is 10.0. The molecule has 90 valence electrons. The van der Waals surface area contributed by atoms with Gasteiger partial charge in [0.05, 0.1) is 7.11 Å². The van der Waals surface area contributed by atoms with Crippen molar-refractivity contribution >= 4 is 17.5 Å². The van der Waals surface area contributed by atoms with Gasteiger partial charge in [0.15, 0.2) is 0 Å². The summed E-state index contributed by atoms with van der Waals surface area (Å²) in [6, 6.07) is 3.54. The molecule has 0 saturated heterocycles. The fourth-order valence-electron chi connectivity index (χ4n) is 1.83. The molecular formula is C12H13ClN2O2. The number of nitrogens with zero attached hydrogens (tertiary/aromatic N) is 1. The molecule has 1 heterocycles. The van der Waals surface area contributed by atoms with Gasteiger partial charge in [-0.15, -0.1) is 0 Å². The monoisotopic (exact) mass is 252 g/mol. The molecule has 0 aliphatic rings. The van der Waals surface area contributed by atoms with Gasteiger partial charge in [-0.05, 0) is 25.5 Å². The normalized spacial score (nSPS) is 10.6. The summed E-state index contributed by atoms with van der Waals surface area (Å²) in [5.74, 6) is 0.970. The Balaban J connectivity index is 2.72. The second kappa shape index (κ2) is 4.30. The van der Waals surface area contributed by atoms with Crippen LogP contribution in [0.5, 0.6) is 5.75 Å². The molecule has 1 aromatic heterocycles. The number of methoxy groups -OCH3 is 1. The molecule has 5 heteroatoms. The average Bonchev–Trinajstić information content (AvgIpc) is 2.69. The molecule has 0 fully saturated rings. The van der Waals surface area contributed by atoms with Crippen molar-refractivity contribution in [2.45, 2.75) is 13.8 Å². The second-order valence-corrected chi connectivity index (χ2v) is 4.23. The number of hydrogen-bond donors (Lipinski definition) is 1. The molecule has 0 radical (unpaired) electrons. The van der Waals surface area contributed by atoms with Gasteiger partial charge in [-0.2, -0.15) is 0 Å². The topological polar surface area (TPSA) is 61.3 Å². The minimum absolute atomic E-state index is 0.272. The van der Waals surface area contributed by atoms with Crippen molar-refractivity contribution in [1.82, 2.24) is 5.16 Å². The minimum atomic E-state index is 0.272. The fraction of sp³-hybridized carbons (Fsp3) is 0.250. The van der Waals surface area contributed by atoms with Gasteiger partial charge in [0.1, 0.15) is 11.4 Å². The Morgan fingerprint density at radius 1 is 1.35 bits per heavy atom. The summed E-state index contributed by atoms with van der Waals surface area (Å²) in [5, 5.41) is 4.57. The highest BCUT2D eigenvalue weighted by Gasteiger charge is 2.17. The van der Waals surface area contributed by atoms with Gasteiger partial charge in [-0.25, -0.2) is 0 Å². The second-order valence-electron chi connectivity index (χ2n) is 3.82. The third-order valence-corrected chi connectivity index (χ3v) is 3.04. The zero-order chi connectivity index (χ0) is 12.6. The largest absolute Gasteiger partial charge is 0.496 e. The number of aromatic nitrogens is 1. The first-order chi connectivity index (χ1) is 8.04. The molecule has 0 saturated carbocycles. The number of aryl methyl sites for hydroxylation is 1. The van der Waals surface area contributed by atoms with Gasteiger partial charge in [-0.3, -0.25) is 0 Å². The van der Waals surface area contributed by atoms with Gasteiger partial charge >= 0.3 is 0 Å². The lowest BCUT2D eigenvalue weighted by molar-refractivity contribution is 0.411. The van der Waals surface area contributed by atoms with E-state index in [1.807, 2.05) is 19.9 Å². The van der Waals surface area contributed by atoms with E-state index in [2.05, 4.69) is 5.16 Å². The molecule has 0 aliphatic heterocycles. The Morgan fingerprint density at radius 3 is 2.59 bits per heavy atom. The van der Waals surface area contributed by atoms with Crippen molar-refractivity contribution in [3.63, 3.8) is 0 Å². The predicted molar refractivity (Wildman–Crippen MR) is 67.4 cm³/mol. The molecule has 0 spiro atoms. The maximum atomic E-state index is 6.11. The maximum absolute atomic E-state index is 6.11. The van der Waals surface area contributed by atoms with E-state index < -0.39 is 0 Å². The number of nitrogens with two attached hydrogens (primary N) is 1. The highest BCUT2D eigenvalue weighted by Crippen LogP contribution is 2.39. The number of hydrogen-bond acceptors (Lipinski definition) is 4. The van der Waals surface area contributed by atoms with Gasteiger partial charge < -0.3 is 15.0 Å². The Kier molecular flexibility index (Phi) is 2.98. The van der Waals surface area contributed by atoms with E-state index in [1.165, 1.54) is 0 Å². The Labute approximate surface area is 104 Å². The van der Waals surface area contributed by atoms with Crippen LogP contribution in [-0.2, 0) is 0 Å². The third-order valence-electron chi connectivity index (χ3n) is 2.65. The highest BCUT2D eigenvalue weighted by atomic mass is 35.5. The average molecular weight is 253 g/mol. The minimum Gasteiger partial charge on any atom is -0.496 e. The van der Waals surface area contributed by atoms with E-state index in [0.29, 0.717) is 16.5 Å². The third kappa shape index (κ3) is 1.96. The van der Waals surface area contributed by atoms with Gasteiger partial charge in [0, 0.05) is 22.2 Å². The molecule has 17 heavy (non-hydrogen) atoms. The van der Waals surface area contributed by atoms with Gasteiger partial charge in [0.2, 0.25) is 5.88 Å². The van der Waals surface area contributed by atoms with E-state index in [4.69, 9.17) is 26.6 Å². The lowest BCUT2D eigenvalue weighted by Gasteiger charge is -2.13. The number of rotatable bonds is 2. The molecule has 0 atom stereocenters. The maximum Gasteiger partial charge on any atom is 0.222 e. The number of halogens is 1. The summed E-state index contributed by atoms with van der Waals surface area (Å²) in [5.41, 5.74) is 8.87. The van der Waals surface area contributed by atoms with Crippen molar-refractivity contribution in [3.05, 3.63) is 28.3 Å². The molecule has 0 bridgehead atoms. The number of ether oxygens (including phenoxy) is 1. The Hall–Kier alpha value is -1.68. The first-order valence-electron chi connectivity index (χ1n) is 5.11. The van der Waals surface area contributed by atoms with Crippen molar-refractivity contribution < 1.29 is 9.26 Å². The van der Waals surface area contributed by atoms with E-state index in [-0.39, 0.29) is 5.88 Å². The SMILES string of the molecule is COc1c(C)c(Cl)cc(C)c1-c1cc(N)on1. The van der Waals surface area contributed by atoms with Crippen molar-refractivity contribution in [3.8, 4) is 17.0 Å². The van der Waals surface area contributed by atoms with E-state index in [1.54, 1.807) is 13.2 Å². The summed E-state index contributed by atoms with van der Waals surface area (Å²) >= 11 is 6.11. The van der Waals surface area contributed by atoms with Crippen LogP contribution in [0.15, 0.2) is 16.7 Å². The number of benzene rings is 1. The van der Waals surface area contributed by atoms with Crippen LogP contribution in [0.3, 0.4) is 0 Å². The van der Waals surface area contributed by atoms with Crippen molar-refractivity contribution in [2.75, 3.05) is 12.8 Å². The van der Waals surface area contributed by atoms with E-state index in [9.17, 15) is 0 Å². The molecule has 0 aliphatic carbocycles. The van der Waals surface area contributed by atoms with Crippen LogP contribution >= 0.6 is 11.6 Å². The first-order valence-corrected chi connectivity index (χ1v) is 5.48. The number of anilines is 1. The fourth-order valence-corrected chi connectivity index (χ4v) is 2.08. The quantitative estimate of drug-likeness (QED) is 0.892. The van der Waals surface area contributed by atoms with E-state index in [0.717, 1.165) is 16.7 Å². The standard InChI is InChI=1S/C12H13ClN2O2/c1-6-4-8(13)7(2)12(16-3)11(6)9-5-10(14)17-15-9/h4-5H,14H2,1-3H3. The molecule has 2 N–H and O–H groups in total. The van der Waals surface area contributed by atoms with Crippen molar-refractivity contribution in [2.24, 2.45) is 0 Å². The molecule has 0 unspecified atom stereocenters. The molecular weight excluding hydrogens is 240 g/mol. The van der Waals surface area contributed by atoms with Crippen LogP contribution in [0, 0.1) is 13.8 Å². The van der Waals surface area contributed by atoms with Gasteiger partial charge in [0.25, 0.3) is 0 Å². The van der Waals surface area contributed by atoms with Crippen LogP contribution < -0.4 is 10.5 Å². The molecule has 4 nitrogen and oxygen atoms in total. The van der Waals surface area contributed by atoms with Crippen molar-refractivity contribution in [1.29, 1.82) is 0 Å². The smallest absolute Gasteiger partial charge is 0.222 e. The molecule has 1 aromatic carbocycles. The van der Waals surface area contributed by atoms with Crippen LogP contribution in [0.4, 0.5) is 5.88 Å². The Morgan fingerprint density at radius 2 is 2.06 bits per heavy atom. The van der Waals surface area contributed by atoms with Crippen LogP contribution in [0.25, 0.3) is 11.3 Å². The van der Waals surface area contributed by atoms with Crippen LogP contribution in [0.2, 0.25) is 5.02 Å². The zero-order valence-electron chi connectivity index (χ0n) is 9.87. The summed E-state index contributed by atoms with van der Waals surface area (Å²) in [7, 11) is 1.60. The molecule has 2 rings (SSSR count).